The van der Waals surface area contributed by atoms with Crippen molar-refractivity contribution in [2.75, 3.05) is 11.4 Å². The Balaban J connectivity index is 2.28. The van der Waals surface area contributed by atoms with E-state index in [1.165, 1.54) is 0 Å². The Morgan fingerprint density at radius 1 is 1.37 bits per heavy atom. The number of anilines is 1. The Bertz CT molecular complexity index is 534. The number of piperidine rings is 1. The molecule has 1 atom stereocenters. The van der Waals surface area contributed by atoms with Gasteiger partial charge in [-0.15, -0.1) is 0 Å². The molecule has 1 aliphatic rings. The van der Waals surface area contributed by atoms with E-state index in [-0.39, 0.29) is 5.54 Å². The van der Waals surface area contributed by atoms with Crippen molar-refractivity contribution in [1.29, 1.82) is 10.5 Å². The molecule has 0 spiro atoms. The fourth-order valence-corrected chi connectivity index (χ4v) is 2.78. The summed E-state index contributed by atoms with van der Waals surface area (Å²) in [6.45, 7) is 5.36. The highest BCUT2D eigenvalue weighted by molar-refractivity contribution is 5.53. The summed E-state index contributed by atoms with van der Waals surface area (Å²) in [5.41, 5.74) is 1.86. The molecular weight excluding hydrogens is 234 g/mol. The maximum atomic E-state index is 9.02. The quantitative estimate of drug-likeness (QED) is 0.811. The summed E-state index contributed by atoms with van der Waals surface area (Å²) in [6, 6.07) is 12.2. The van der Waals surface area contributed by atoms with Gasteiger partial charge in [0, 0.05) is 24.2 Å². The summed E-state index contributed by atoms with van der Waals surface area (Å²) < 4.78 is 0. The fourth-order valence-electron chi connectivity index (χ4n) is 2.78. The highest BCUT2D eigenvalue weighted by Gasteiger charge is 2.34. The minimum absolute atomic E-state index is 0.0834. The van der Waals surface area contributed by atoms with Crippen molar-refractivity contribution < 1.29 is 0 Å². The van der Waals surface area contributed by atoms with Crippen molar-refractivity contribution >= 4 is 5.69 Å². The number of nitrogens with zero attached hydrogens (tertiary/aromatic N) is 3. The van der Waals surface area contributed by atoms with Crippen LogP contribution in [-0.4, -0.2) is 12.1 Å². The van der Waals surface area contributed by atoms with Crippen LogP contribution in [0.5, 0.6) is 0 Å². The molecule has 0 aliphatic carbocycles. The second kappa shape index (κ2) is 5.33. The molecule has 1 aromatic carbocycles. The van der Waals surface area contributed by atoms with Gasteiger partial charge in [-0.25, -0.2) is 0 Å². The predicted molar refractivity (Wildman–Crippen MR) is 75.5 cm³/mol. The van der Waals surface area contributed by atoms with Crippen molar-refractivity contribution in [3.8, 4) is 12.1 Å². The van der Waals surface area contributed by atoms with Crippen LogP contribution >= 0.6 is 0 Å². The largest absolute Gasteiger partial charge is 0.366 e. The summed E-state index contributed by atoms with van der Waals surface area (Å²) in [5, 5.41) is 17.9. The second-order valence-corrected chi connectivity index (χ2v) is 5.85. The van der Waals surface area contributed by atoms with Crippen LogP contribution < -0.4 is 4.90 Å². The molecule has 3 heteroatoms. The number of benzene rings is 1. The van der Waals surface area contributed by atoms with E-state index < -0.39 is 0 Å². The zero-order valence-electron chi connectivity index (χ0n) is 11.6. The van der Waals surface area contributed by atoms with Crippen LogP contribution in [0.25, 0.3) is 0 Å². The minimum Gasteiger partial charge on any atom is -0.366 e. The van der Waals surface area contributed by atoms with E-state index in [2.05, 4.69) is 37.0 Å². The number of rotatable bonds is 2. The van der Waals surface area contributed by atoms with E-state index >= 15 is 0 Å². The molecule has 0 amide bonds. The maximum absolute atomic E-state index is 9.02. The van der Waals surface area contributed by atoms with Gasteiger partial charge in [0.1, 0.15) is 0 Å². The minimum atomic E-state index is 0.0834. The monoisotopic (exact) mass is 253 g/mol. The molecule has 1 fully saturated rings. The zero-order valence-corrected chi connectivity index (χ0v) is 11.6. The lowest BCUT2D eigenvalue weighted by Crippen LogP contribution is -2.50. The van der Waals surface area contributed by atoms with Crippen LogP contribution in [0.2, 0.25) is 0 Å². The molecule has 0 saturated carbocycles. The first kappa shape index (κ1) is 13.4. The zero-order chi connectivity index (χ0) is 13.9. The van der Waals surface area contributed by atoms with E-state index in [4.69, 9.17) is 10.5 Å². The molecule has 0 aromatic heterocycles. The first-order valence-corrected chi connectivity index (χ1v) is 6.71. The molecule has 0 radical (unpaired) electrons. The van der Waals surface area contributed by atoms with E-state index in [0.29, 0.717) is 17.9 Å². The van der Waals surface area contributed by atoms with Crippen LogP contribution in [0, 0.1) is 28.6 Å². The molecule has 1 heterocycles. The van der Waals surface area contributed by atoms with Gasteiger partial charge in [0.15, 0.2) is 0 Å². The molecule has 1 aromatic rings. The van der Waals surface area contributed by atoms with Crippen LogP contribution in [0.4, 0.5) is 5.69 Å². The van der Waals surface area contributed by atoms with Crippen molar-refractivity contribution in [3.63, 3.8) is 0 Å². The van der Waals surface area contributed by atoms with Gasteiger partial charge in [-0.3, -0.25) is 0 Å². The van der Waals surface area contributed by atoms with E-state index in [1.807, 2.05) is 18.2 Å². The summed E-state index contributed by atoms with van der Waals surface area (Å²) in [4.78, 5) is 2.35. The standard InChI is InChI=1S/C16H19N3/c1-16(2)8-6-13(7-9-17)12-19(16)15-5-3-4-14(10-15)11-18/h3-5,10,13H,6-8,12H2,1-2H3. The smallest absolute Gasteiger partial charge is 0.0992 e. The summed E-state index contributed by atoms with van der Waals surface area (Å²) in [5.74, 6) is 0.434. The molecule has 1 aliphatic heterocycles. The Morgan fingerprint density at radius 3 is 2.84 bits per heavy atom. The van der Waals surface area contributed by atoms with Gasteiger partial charge in [-0.1, -0.05) is 6.07 Å². The van der Waals surface area contributed by atoms with Crippen LogP contribution in [-0.2, 0) is 0 Å². The third-order valence-electron chi connectivity index (χ3n) is 4.00. The van der Waals surface area contributed by atoms with Crippen molar-refractivity contribution in [2.24, 2.45) is 5.92 Å². The molecule has 0 bridgehead atoms. The highest BCUT2D eigenvalue weighted by atomic mass is 15.2. The van der Waals surface area contributed by atoms with Crippen molar-refractivity contribution in [3.05, 3.63) is 29.8 Å². The van der Waals surface area contributed by atoms with Gasteiger partial charge in [0.05, 0.1) is 17.7 Å². The lowest BCUT2D eigenvalue weighted by atomic mass is 9.83. The van der Waals surface area contributed by atoms with Gasteiger partial charge in [-0.2, -0.15) is 10.5 Å². The predicted octanol–water partition coefficient (Wildman–Crippen LogP) is 3.47. The molecule has 98 valence electrons. The number of hydrogen-bond acceptors (Lipinski definition) is 3. The molecule has 2 rings (SSSR count). The van der Waals surface area contributed by atoms with E-state index in [9.17, 15) is 0 Å². The van der Waals surface area contributed by atoms with Gasteiger partial charge >= 0.3 is 0 Å². The summed E-state index contributed by atoms with van der Waals surface area (Å²) in [6.07, 6.45) is 2.80. The fraction of sp³-hybridized carbons (Fsp3) is 0.500. The highest BCUT2D eigenvalue weighted by Crippen LogP contribution is 2.35. The Morgan fingerprint density at radius 2 is 2.16 bits per heavy atom. The van der Waals surface area contributed by atoms with E-state index in [0.717, 1.165) is 25.1 Å². The summed E-state index contributed by atoms with van der Waals surface area (Å²) in [7, 11) is 0. The number of nitriles is 2. The molecular formula is C16H19N3. The molecule has 0 N–H and O–H groups in total. The average molecular weight is 253 g/mol. The van der Waals surface area contributed by atoms with Crippen LogP contribution in [0.1, 0.15) is 38.7 Å². The third kappa shape index (κ3) is 2.88. The van der Waals surface area contributed by atoms with E-state index in [1.54, 1.807) is 0 Å². The SMILES string of the molecule is CC1(C)CCC(CC#N)CN1c1cccc(C#N)c1. The molecule has 19 heavy (non-hydrogen) atoms. The Hall–Kier alpha value is -2.00. The van der Waals surface area contributed by atoms with Crippen LogP contribution in [0.3, 0.4) is 0 Å². The van der Waals surface area contributed by atoms with Crippen LogP contribution in [0.15, 0.2) is 24.3 Å². The maximum Gasteiger partial charge on any atom is 0.0992 e. The lowest BCUT2D eigenvalue weighted by molar-refractivity contribution is 0.293. The normalized spacial score (nSPS) is 21.5. The molecule has 1 unspecified atom stereocenters. The third-order valence-corrected chi connectivity index (χ3v) is 4.00. The molecule has 3 nitrogen and oxygen atoms in total. The lowest BCUT2D eigenvalue weighted by Gasteiger charge is -2.47. The molecule has 1 saturated heterocycles. The second-order valence-electron chi connectivity index (χ2n) is 5.85. The average Bonchev–Trinajstić information content (AvgIpc) is 2.41. The van der Waals surface area contributed by atoms with Crippen molar-refractivity contribution in [1.82, 2.24) is 0 Å². The van der Waals surface area contributed by atoms with Gasteiger partial charge in [0.25, 0.3) is 0 Å². The number of hydrogen-bond donors (Lipinski definition) is 0. The first-order chi connectivity index (χ1) is 9.06. The first-order valence-electron chi connectivity index (χ1n) is 6.71. The van der Waals surface area contributed by atoms with Crippen molar-refractivity contribution in [2.45, 2.75) is 38.6 Å². The van der Waals surface area contributed by atoms with Gasteiger partial charge in [0.2, 0.25) is 0 Å². The van der Waals surface area contributed by atoms with Gasteiger partial charge < -0.3 is 4.90 Å². The van der Waals surface area contributed by atoms with Gasteiger partial charge in [-0.05, 0) is 50.8 Å². The Kier molecular flexibility index (Phi) is 3.76. The topological polar surface area (TPSA) is 50.8 Å². The Labute approximate surface area is 115 Å². The summed E-state index contributed by atoms with van der Waals surface area (Å²) >= 11 is 0.